The van der Waals surface area contributed by atoms with Crippen molar-refractivity contribution in [1.82, 2.24) is 4.90 Å². The summed E-state index contributed by atoms with van der Waals surface area (Å²) in [6, 6.07) is 11.3. The number of hydrogen-bond acceptors (Lipinski definition) is 3. The zero-order valence-electron chi connectivity index (χ0n) is 12.1. The van der Waals surface area contributed by atoms with Gasteiger partial charge in [0, 0.05) is 9.50 Å². The number of imide groups is 1. The van der Waals surface area contributed by atoms with Gasteiger partial charge in [0.1, 0.15) is 5.82 Å². The van der Waals surface area contributed by atoms with Gasteiger partial charge in [0.15, 0.2) is 0 Å². The first-order valence-electron chi connectivity index (χ1n) is 6.89. The molecule has 0 spiro atoms. The molecule has 3 rings (SSSR count). The van der Waals surface area contributed by atoms with Crippen LogP contribution in [0.5, 0.6) is 0 Å². The molecule has 3 nitrogen and oxygen atoms in total. The summed E-state index contributed by atoms with van der Waals surface area (Å²) in [5, 5.41) is -0.188. The van der Waals surface area contributed by atoms with E-state index in [-0.39, 0.29) is 22.7 Å². The average molecular weight is 427 g/mol. The van der Waals surface area contributed by atoms with Gasteiger partial charge < -0.3 is 0 Å². The first kappa shape index (κ1) is 17.2. The molecule has 7 heteroatoms. The first-order valence-corrected chi connectivity index (χ1v) is 8.87. The van der Waals surface area contributed by atoms with E-state index >= 15 is 0 Å². The summed E-state index contributed by atoms with van der Waals surface area (Å²) in [4.78, 5) is 26.1. The van der Waals surface area contributed by atoms with Crippen LogP contribution in [0.1, 0.15) is 11.1 Å². The number of halogens is 3. The molecule has 1 aliphatic heterocycles. The molecule has 0 unspecified atom stereocenters. The zero-order chi connectivity index (χ0) is 17.3. The van der Waals surface area contributed by atoms with Gasteiger partial charge in [0.05, 0.1) is 11.4 Å². The van der Waals surface area contributed by atoms with Gasteiger partial charge in [0.25, 0.3) is 11.1 Å². The van der Waals surface area contributed by atoms with Crippen molar-refractivity contribution in [1.29, 1.82) is 0 Å². The third-order valence-electron chi connectivity index (χ3n) is 3.36. The van der Waals surface area contributed by atoms with Crippen molar-refractivity contribution in [2.45, 2.75) is 6.54 Å². The Morgan fingerprint density at radius 1 is 1.21 bits per heavy atom. The monoisotopic (exact) mass is 425 g/mol. The van der Waals surface area contributed by atoms with Crippen LogP contribution >= 0.6 is 39.3 Å². The molecule has 1 fully saturated rings. The van der Waals surface area contributed by atoms with Crippen LogP contribution in [0.3, 0.4) is 0 Å². The number of nitrogens with zero attached hydrogens (tertiary/aromatic N) is 1. The van der Waals surface area contributed by atoms with Crippen LogP contribution in [0.25, 0.3) is 6.08 Å². The highest BCUT2D eigenvalue weighted by Crippen LogP contribution is 2.34. The molecule has 122 valence electrons. The number of thioether (sulfide) groups is 1. The van der Waals surface area contributed by atoms with E-state index in [0.717, 1.165) is 32.8 Å². The summed E-state index contributed by atoms with van der Waals surface area (Å²) in [6.45, 7) is 0.0135. The van der Waals surface area contributed by atoms with Gasteiger partial charge >= 0.3 is 0 Å². The lowest BCUT2D eigenvalue weighted by molar-refractivity contribution is -0.123. The average Bonchev–Trinajstić information content (AvgIpc) is 2.77. The summed E-state index contributed by atoms with van der Waals surface area (Å²) in [5.74, 6) is -0.849. The molecule has 0 saturated carbocycles. The maximum absolute atomic E-state index is 13.1. The molecule has 0 radical (unpaired) electrons. The van der Waals surface area contributed by atoms with Crippen LogP contribution in [0.4, 0.5) is 9.18 Å². The van der Waals surface area contributed by atoms with Gasteiger partial charge in [-0.25, -0.2) is 4.39 Å². The molecule has 0 bridgehead atoms. The number of hydrogen-bond donors (Lipinski definition) is 0. The van der Waals surface area contributed by atoms with Crippen molar-refractivity contribution >= 4 is 56.5 Å². The third kappa shape index (κ3) is 3.71. The third-order valence-corrected chi connectivity index (χ3v) is 5.12. The predicted molar refractivity (Wildman–Crippen MR) is 97.1 cm³/mol. The van der Waals surface area contributed by atoms with Crippen LogP contribution in [0.2, 0.25) is 5.02 Å². The fourth-order valence-corrected chi connectivity index (χ4v) is 3.69. The highest BCUT2D eigenvalue weighted by atomic mass is 79.9. The molecule has 0 N–H and O–H groups in total. The Morgan fingerprint density at radius 2 is 2.00 bits per heavy atom. The molecule has 1 aliphatic rings. The normalized spacial score (nSPS) is 16.3. The predicted octanol–water partition coefficient (Wildman–Crippen LogP) is 5.48. The molecular formula is C17H10BrClFNO2S. The second-order valence-corrected chi connectivity index (χ2v) is 7.37. The largest absolute Gasteiger partial charge is 0.293 e. The maximum atomic E-state index is 13.1. The summed E-state index contributed by atoms with van der Waals surface area (Å²) < 4.78 is 14.0. The lowest BCUT2D eigenvalue weighted by Gasteiger charge is -2.13. The Hall–Kier alpha value is -1.63. The van der Waals surface area contributed by atoms with Crippen molar-refractivity contribution in [3.63, 3.8) is 0 Å². The van der Waals surface area contributed by atoms with E-state index < -0.39 is 5.82 Å². The Morgan fingerprint density at radius 3 is 2.71 bits per heavy atom. The highest BCUT2D eigenvalue weighted by Gasteiger charge is 2.35. The molecular weight excluding hydrogens is 417 g/mol. The Balaban J connectivity index is 1.84. The topological polar surface area (TPSA) is 37.4 Å². The number of benzene rings is 2. The van der Waals surface area contributed by atoms with Crippen molar-refractivity contribution in [3.05, 3.63) is 73.8 Å². The molecule has 2 aromatic rings. The number of amides is 2. The molecule has 2 amide bonds. The quantitative estimate of drug-likeness (QED) is 0.610. The fourth-order valence-electron chi connectivity index (χ4n) is 2.20. The fraction of sp³-hybridized carbons (Fsp3) is 0.0588. The SMILES string of the molecule is O=C1S/C(=C/c2cccc(Br)c2)C(=O)N1Cc1ccc(F)cc1Cl. The summed E-state index contributed by atoms with van der Waals surface area (Å²) in [6.07, 6.45) is 1.67. The van der Waals surface area contributed by atoms with Gasteiger partial charge in [-0.15, -0.1) is 0 Å². The Labute approximate surface area is 155 Å². The molecule has 0 aromatic heterocycles. The molecule has 2 aromatic carbocycles. The van der Waals surface area contributed by atoms with Gasteiger partial charge in [-0.3, -0.25) is 14.5 Å². The van der Waals surface area contributed by atoms with Crippen LogP contribution < -0.4 is 0 Å². The Kier molecular flexibility index (Phi) is 5.08. The van der Waals surface area contributed by atoms with E-state index in [2.05, 4.69) is 15.9 Å². The molecule has 24 heavy (non-hydrogen) atoms. The lowest BCUT2D eigenvalue weighted by atomic mass is 10.2. The minimum atomic E-state index is -0.465. The first-order chi connectivity index (χ1) is 11.4. The second-order valence-electron chi connectivity index (χ2n) is 5.06. The van der Waals surface area contributed by atoms with Gasteiger partial charge in [0.2, 0.25) is 0 Å². The maximum Gasteiger partial charge on any atom is 0.293 e. The van der Waals surface area contributed by atoms with Crippen molar-refractivity contribution in [2.24, 2.45) is 0 Å². The van der Waals surface area contributed by atoms with E-state index in [9.17, 15) is 14.0 Å². The smallest absolute Gasteiger partial charge is 0.268 e. The van der Waals surface area contributed by atoms with Crippen molar-refractivity contribution in [2.75, 3.05) is 0 Å². The molecule has 0 aliphatic carbocycles. The van der Waals surface area contributed by atoms with E-state index in [0.29, 0.717) is 10.5 Å². The van der Waals surface area contributed by atoms with Crippen LogP contribution in [-0.2, 0) is 11.3 Å². The van der Waals surface area contributed by atoms with Crippen LogP contribution in [-0.4, -0.2) is 16.0 Å². The molecule has 1 saturated heterocycles. The number of carbonyl (C=O) groups is 2. The summed E-state index contributed by atoms with van der Waals surface area (Å²) >= 11 is 10.2. The standard InChI is InChI=1S/C17H10BrClFNO2S/c18-12-3-1-2-10(6-12)7-15-16(22)21(17(23)24-15)9-11-4-5-13(20)8-14(11)19/h1-8H,9H2/b15-7+. The summed E-state index contributed by atoms with van der Waals surface area (Å²) in [5.41, 5.74) is 1.33. The highest BCUT2D eigenvalue weighted by molar-refractivity contribution is 9.10. The number of rotatable bonds is 3. The minimum absolute atomic E-state index is 0.0135. The zero-order valence-corrected chi connectivity index (χ0v) is 15.3. The van der Waals surface area contributed by atoms with E-state index in [1.165, 1.54) is 12.1 Å². The Bertz CT molecular complexity index is 871. The summed E-state index contributed by atoms with van der Waals surface area (Å²) in [7, 11) is 0. The van der Waals surface area contributed by atoms with E-state index in [4.69, 9.17) is 11.6 Å². The number of carbonyl (C=O) groups excluding carboxylic acids is 2. The van der Waals surface area contributed by atoms with Gasteiger partial charge in [-0.1, -0.05) is 45.7 Å². The van der Waals surface area contributed by atoms with Crippen LogP contribution in [0.15, 0.2) is 51.8 Å². The second kappa shape index (κ2) is 7.09. The van der Waals surface area contributed by atoms with Crippen molar-refractivity contribution < 1.29 is 14.0 Å². The minimum Gasteiger partial charge on any atom is -0.268 e. The lowest BCUT2D eigenvalue weighted by Crippen LogP contribution is -2.27. The van der Waals surface area contributed by atoms with Crippen LogP contribution in [0, 0.1) is 5.82 Å². The van der Waals surface area contributed by atoms with Gasteiger partial charge in [-0.05, 0) is 53.2 Å². The van der Waals surface area contributed by atoms with Gasteiger partial charge in [-0.2, -0.15) is 0 Å². The van der Waals surface area contributed by atoms with E-state index in [1.807, 2.05) is 24.3 Å². The van der Waals surface area contributed by atoms with E-state index in [1.54, 1.807) is 6.08 Å². The van der Waals surface area contributed by atoms with Crippen molar-refractivity contribution in [3.8, 4) is 0 Å². The molecule has 1 heterocycles. The molecule has 0 atom stereocenters.